The zero-order valence-corrected chi connectivity index (χ0v) is 11.4. The van der Waals surface area contributed by atoms with Gasteiger partial charge in [-0.3, -0.25) is 4.21 Å². The molecule has 6 nitrogen and oxygen atoms in total. The molecule has 1 aliphatic heterocycles. The van der Waals surface area contributed by atoms with Crippen LogP contribution in [0.1, 0.15) is 19.2 Å². The quantitative estimate of drug-likeness (QED) is 0.603. The second-order valence-electron chi connectivity index (χ2n) is 4.26. The van der Waals surface area contributed by atoms with Gasteiger partial charge in [-0.25, -0.2) is 15.8 Å². The topological polar surface area (TPSA) is 84.1 Å². The first-order chi connectivity index (χ1) is 8.72. The lowest BCUT2D eigenvalue weighted by atomic mass is 10.3. The van der Waals surface area contributed by atoms with E-state index in [1.54, 1.807) is 0 Å². The highest BCUT2D eigenvalue weighted by Gasteiger charge is 2.17. The number of aryl methyl sites for hydroxylation is 1. The largest absolute Gasteiger partial charge is 0.355 e. The lowest BCUT2D eigenvalue weighted by molar-refractivity contribution is 0.672. The van der Waals surface area contributed by atoms with E-state index >= 15 is 0 Å². The van der Waals surface area contributed by atoms with Gasteiger partial charge in [0.2, 0.25) is 0 Å². The molecule has 2 rings (SSSR count). The third-order valence-corrected chi connectivity index (χ3v) is 4.16. The number of nitrogen functional groups attached to an aromatic ring is 1. The highest BCUT2D eigenvalue weighted by Crippen LogP contribution is 2.17. The Morgan fingerprint density at radius 2 is 2.17 bits per heavy atom. The number of anilines is 2. The van der Waals surface area contributed by atoms with Gasteiger partial charge in [0.1, 0.15) is 17.5 Å². The van der Waals surface area contributed by atoms with Gasteiger partial charge in [-0.2, -0.15) is 0 Å². The zero-order chi connectivity index (χ0) is 13.0. The Morgan fingerprint density at radius 1 is 1.44 bits per heavy atom. The fourth-order valence-corrected chi connectivity index (χ4v) is 2.97. The van der Waals surface area contributed by atoms with Crippen LogP contribution in [0.25, 0.3) is 0 Å². The molecule has 0 spiro atoms. The Kier molecular flexibility index (Phi) is 4.48. The van der Waals surface area contributed by atoms with E-state index in [1.165, 1.54) is 0 Å². The SMILES string of the molecule is CCCc1nc(NN)cc(N2CCS(=O)CC2)n1. The van der Waals surface area contributed by atoms with Crippen LogP contribution in [0, 0.1) is 0 Å². The molecule has 0 unspecified atom stereocenters. The van der Waals surface area contributed by atoms with E-state index in [0.29, 0.717) is 17.3 Å². The van der Waals surface area contributed by atoms with E-state index in [4.69, 9.17) is 5.84 Å². The average Bonchev–Trinajstić information content (AvgIpc) is 2.39. The summed E-state index contributed by atoms with van der Waals surface area (Å²) in [6.07, 6.45) is 1.83. The fraction of sp³-hybridized carbons (Fsp3) is 0.636. The van der Waals surface area contributed by atoms with Crippen LogP contribution < -0.4 is 16.2 Å². The Labute approximate surface area is 109 Å². The molecule has 0 saturated carbocycles. The number of aromatic nitrogens is 2. The minimum atomic E-state index is -0.676. The Bertz CT molecular complexity index is 429. The zero-order valence-electron chi connectivity index (χ0n) is 10.6. The van der Waals surface area contributed by atoms with Gasteiger partial charge in [0.25, 0.3) is 0 Å². The van der Waals surface area contributed by atoms with Crippen LogP contribution in [-0.4, -0.2) is 38.8 Å². The van der Waals surface area contributed by atoms with E-state index < -0.39 is 10.8 Å². The summed E-state index contributed by atoms with van der Waals surface area (Å²) in [5.41, 5.74) is 2.58. The predicted octanol–water partition coefficient (Wildman–Crippen LogP) is 0.283. The van der Waals surface area contributed by atoms with Crippen molar-refractivity contribution in [2.45, 2.75) is 19.8 Å². The van der Waals surface area contributed by atoms with Gasteiger partial charge < -0.3 is 10.3 Å². The summed E-state index contributed by atoms with van der Waals surface area (Å²) in [7, 11) is -0.676. The summed E-state index contributed by atoms with van der Waals surface area (Å²) in [4.78, 5) is 11.0. The van der Waals surface area contributed by atoms with Crippen molar-refractivity contribution in [2.75, 3.05) is 34.9 Å². The molecule has 1 saturated heterocycles. The molecule has 0 bridgehead atoms. The van der Waals surface area contributed by atoms with Gasteiger partial charge >= 0.3 is 0 Å². The summed E-state index contributed by atoms with van der Waals surface area (Å²) >= 11 is 0. The number of nitrogens with zero attached hydrogens (tertiary/aromatic N) is 3. The van der Waals surface area contributed by atoms with E-state index in [0.717, 1.165) is 37.6 Å². The van der Waals surface area contributed by atoms with Crippen LogP contribution in [0.2, 0.25) is 0 Å². The molecule has 3 N–H and O–H groups in total. The van der Waals surface area contributed by atoms with Crippen molar-refractivity contribution < 1.29 is 4.21 Å². The van der Waals surface area contributed by atoms with E-state index in [2.05, 4.69) is 27.2 Å². The highest BCUT2D eigenvalue weighted by atomic mass is 32.2. The summed E-state index contributed by atoms with van der Waals surface area (Å²) in [6, 6.07) is 1.84. The first-order valence-electron chi connectivity index (χ1n) is 6.17. The lowest BCUT2D eigenvalue weighted by Crippen LogP contribution is -2.38. The highest BCUT2D eigenvalue weighted by molar-refractivity contribution is 7.85. The van der Waals surface area contributed by atoms with E-state index in [-0.39, 0.29) is 0 Å². The third kappa shape index (κ3) is 3.17. The summed E-state index contributed by atoms with van der Waals surface area (Å²) in [5.74, 6) is 9.15. The molecule has 1 aromatic rings. The Balaban J connectivity index is 2.20. The van der Waals surface area contributed by atoms with Gasteiger partial charge in [-0.05, 0) is 6.42 Å². The summed E-state index contributed by atoms with van der Waals surface area (Å²) < 4.78 is 11.4. The van der Waals surface area contributed by atoms with Crippen LogP contribution in [0.15, 0.2) is 6.07 Å². The molecule has 2 heterocycles. The molecular formula is C11H19N5OS. The van der Waals surface area contributed by atoms with Gasteiger partial charge in [-0.15, -0.1) is 0 Å². The molecular weight excluding hydrogens is 250 g/mol. The van der Waals surface area contributed by atoms with Crippen LogP contribution >= 0.6 is 0 Å². The van der Waals surface area contributed by atoms with Gasteiger partial charge in [0, 0.05) is 47.9 Å². The number of hydrogen-bond donors (Lipinski definition) is 2. The van der Waals surface area contributed by atoms with Crippen LogP contribution in [0.3, 0.4) is 0 Å². The lowest BCUT2D eigenvalue weighted by Gasteiger charge is -2.27. The number of rotatable bonds is 4. The summed E-state index contributed by atoms with van der Waals surface area (Å²) in [6.45, 7) is 3.65. The van der Waals surface area contributed by atoms with Crippen molar-refractivity contribution in [3.8, 4) is 0 Å². The maximum absolute atomic E-state index is 11.4. The van der Waals surface area contributed by atoms with Crippen molar-refractivity contribution in [2.24, 2.45) is 5.84 Å². The summed E-state index contributed by atoms with van der Waals surface area (Å²) in [5, 5.41) is 0. The molecule has 18 heavy (non-hydrogen) atoms. The van der Waals surface area contributed by atoms with Gasteiger partial charge in [0.15, 0.2) is 0 Å². The normalized spacial score (nSPS) is 16.9. The molecule has 1 aromatic heterocycles. The van der Waals surface area contributed by atoms with Crippen molar-refractivity contribution in [1.29, 1.82) is 0 Å². The fourth-order valence-electron chi connectivity index (χ4n) is 1.92. The Morgan fingerprint density at radius 3 is 2.78 bits per heavy atom. The van der Waals surface area contributed by atoms with Gasteiger partial charge in [-0.1, -0.05) is 6.92 Å². The second kappa shape index (κ2) is 6.10. The predicted molar refractivity (Wildman–Crippen MR) is 73.9 cm³/mol. The number of hydrazine groups is 1. The standard InChI is InChI=1S/C11H19N5OS/c1-2-3-9-13-10(15-12)8-11(14-9)16-4-6-18(17)7-5-16/h8H,2-7,12H2,1H3,(H,13,14,15). The minimum absolute atomic E-state index is 0.634. The van der Waals surface area contributed by atoms with Crippen molar-refractivity contribution in [3.63, 3.8) is 0 Å². The maximum atomic E-state index is 11.4. The molecule has 1 fully saturated rings. The second-order valence-corrected chi connectivity index (χ2v) is 5.95. The number of nitrogens with one attached hydrogen (secondary N) is 1. The molecule has 0 aliphatic carbocycles. The first-order valence-corrected chi connectivity index (χ1v) is 7.66. The molecule has 1 aliphatic rings. The van der Waals surface area contributed by atoms with E-state index in [1.807, 2.05) is 6.07 Å². The smallest absolute Gasteiger partial charge is 0.145 e. The van der Waals surface area contributed by atoms with E-state index in [9.17, 15) is 4.21 Å². The average molecular weight is 269 g/mol. The molecule has 7 heteroatoms. The van der Waals surface area contributed by atoms with Crippen LogP contribution in [-0.2, 0) is 17.2 Å². The van der Waals surface area contributed by atoms with Gasteiger partial charge in [0.05, 0.1) is 0 Å². The maximum Gasteiger partial charge on any atom is 0.145 e. The van der Waals surface area contributed by atoms with Crippen LogP contribution in [0.5, 0.6) is 0 Å². The molecule has 0 radical (unpaired) electrons. The third-order valence-electron chi connectivity index (χ3n) is 2.88. The monoisotopic (exact) mass is 269 g/mol. The van der Waals surface area contributed by atoms with Crippen molar-refractivity contribution in [1.82, 2.24) is 9.97 Å². The molecule has 100 valence electrons. The molecule has 0 atom stereocenters. The van der Waals surface area contributed by atoms with Crippen LogP contribution in [0.4, 0.5) is 11.6 Å². The number of hydrogen-bond acceptors (Lipinski definition) is 6. The molecule has 0 aromatic carbocycles. The Hall–Kier alpha value is -1.21. The number of nitrogens with two attached hydrogens (primary N) is 1. The first kappa shape index (κ1) is 13.2. The van der Waals surface area contributed by atoms with Crippen molar-refractivity contribution >= 4 is 22.4 Å². The van der Waals surface area contributed by atoms with Crippen molar-refractivity contribution in [3.05, 3.63) is 11.9 Å². The minimum Gasteiger partial charge on any atom is -0.355 e. The molecule has 0 amide bonds.